The van der Waals surface area contributed by atoms with E-state index >= 15 is 0 Å². The van der Waals surface area contributed by atoms with Crippen LogP contribution in [0.4, 0.5) is 0 Å². The van der Waals surface area contributed by atoms with Gasteiger partial charge in [0.1, 0.15) is 0 Å². The summed E-state index contributed by atoms with van der Waals surface area (Å²) in [7, 11) is 0. The third kappa shape index (κ3) is 3.28. The molecule has 5 nitrogen and oxygen atoms in total. The summed E-state index contributed by atoms with van der Waals surface area (Å²) >= 11 is 0. The van der Waals surface area contributed by atoms with E-state index in [0.717, 1.165) is 17.8 Å². The minimum Gasteiger partial charge on any atom is -0.396 e. The molecule has 0 aromatic carbocycles. The van der Waals surface area contributed by atoms with Crippen molar-refractivity contribution in [3.8, 4) is 0 Å². The van der Waals surface area contributed by atoms with Gasteiger partial charge >= 0.3 is 0 Å². The predicted octanol–water partition coefficient (Wildman–Crippen LogP) is 0.318. The SMILES string of the molecule is CC(C)Cc1c(CN)nnn1CCCO. The van der Waals surface area contributed by atoms with Gasteiger partial charge in [-0.05, 0) is 18.8 Å². The molecule has 0 unspecified atom stereocenters. The van der Waals surface area contributed by atoms with Crippen molar-refractivity contribution in [3.63, 3.8) is 0 Å². The van der Waals surface area contributed by atoms with E-state index in [4.69, 9.17) is 10.8 Å². The molecule has 0 aliphatic rings. The molecule has 0 atom stereocenters. The highest BCUT2D eigenvalue weighted by molar-refractivity contribution is 5.10. The van der Waals surface area contributed by atoms with E-state index in [2.05, 4.69) is 24.2 Å². The molecule has 1 heterocycles. The van der Waals surface area contributed by atoms with Gasteiger partial charge in [0.25, 0.3) is 0 Å². The molecule has 0 saturated heterocycles. The number of nitrogens with zero attached hydrogens (tertiary/aromatic N) is 3. The maximum absolute atomic E-state index is 8.78. The van der Waals surface area contributed by atoms with Crippen LogP contribution >= 0.6 is 0 Å². The lowest BCUT2D eigenvalue weighted by Crippen LogP contribution is -2.11. The fourth-order valence-corrected chi connectivity index (χ4v) is 1.54. The van der Waals surface area contributed by atoms with Crippen LogP contribution in [0.5, 0.6) is 0 Å². The summed E-state index contributed by atoms with van der Waals surface area (Å²) in [6, 6.07) is 0. The summed E-state index contributed by atoms with van der Waals surface area (Å²) in [5.74, 6) is 0.557. The van der Waals surface area contributed by atoms with E-state index in [9.17, 15) is 0 Å². The van der Waals surface area contributed by atoms with Gasteiger partial charge in [-0.1, -0.05) is 19.1 Å². The first-order valence-corrected chi connectivity index (χ1v) is 5.41. The maximum atomic E-state index is 8.78. The van der Waals surface area contributed by atoms with Crippen LogP contribution in [0.2, 0.25) is 0 Å². The molecule has 1 aromatic heterocycles. The Morgan fingerprint density at radius 3 is 2.73 bits per heavy atom. The average molecular weight is 212 g/mol. The highest BCUT2D eigenvalue weighted by Gasteiger charge is 2.12. The zero-order chi connectivity index (χ0) is 11.3. The smallest absolute Gasteiger partial charge is 0.0994 e. The van der Waals surface area contributed by atoms with Gasteiger partial charge in [0.2, 0.25) is 0 Å². The van der Waals surface area contributed by atoms with E-state index in [1.165, 1.54) is 0 Å². The van der Waals surface area contributed by atoms with Crippen molar-refractivity contribution >= 4 is 0 Å². The molecule has 1 aromatic rings. The van der Waals surface area contributed by atoms with Gasteiger partial charge in [0, 0.05) is 19.7 Å². The van der Waals surface area contributed by atoms with E-state index in [1.807, 2.05) is 4.68 Å². The molecule has 0 aliphatic carbocycles. The van der Waals surface area contributed by atoms with Crippen LogP contribution in [0, 0.1) is 5.92 Å². The van der Waals surface area contributed by atoms with Gasteiger partial charge in [-0.3, -0.25) is 0 Å². The average Bonchev–Trinajstić information content (AvgIpc) is 2.57. The van der Waals surface area contributed by atoms with Crippen LogP contribution < -0.4 is 5.73 Å². The van der Waals surface area contributed by atoms with Crippen molar-refractivity contribution in [2.45, 2.75) is 39.8 Å². The Bertz CT molecular complexity index is 296. The number of hydrogen-bond acceptors (Lipinski definition) is 4. The second-order valence-corrected chi connectivity index (χ2v) is 4.09. The minimum atomic E-state index is 0.180. The van der Waals surface area contributed by atoms with Crippen molar-refractivity contribution in [1.82, 2.24) is 15.0 Å². The van der Waals surface area contributed by atoms with E-state index in [0.29, 0.717) is 25.4 Å². The number of aliphatic hydroxyl groups is 1. The maximum Gasteiger partial charge on any atom is 0.0994 e. The Balaban J connectivity index is 2.80. The molecule has 1 rings (SSSR count). The van der Waals surface area contributed by atoms with E-state index < -0.39 is 0 Å². The molecular formula is C10H20N4O. The quantitative estimate of drug-likeness (QED) is 0.712. The lowest BCUT2D eigenvalue weighted by molar-refractivity contribution is 0.275. The second-order valence-electron chi connectivity index (χ2n) is 4.09. The number of aliphatic hydroxyl groups excluding tert-OH is 1. The minimum absolute atomic E-state index is 0.180. The van der Waals surface area contributed by atoms with Gasteiger partial charge in [0.15, 0.2) is 0 Å². The summed E-state index contributed by atoms with van der Waals surface area (Å²) in [5.41, 5.74) is 7.59. The van der Waals surface area contributed by atoms with Crippen molar-refractivity contribution in [2.75, 3.05) is 6.61 Å². The molecule has 3 N–H and O–H groups in total. The Morgan fingerprint density at radius 1 is 1.47 bits per heavy atom. The van der Waals surface area contributed by atoms with Gasteiger partial charge in [-0.25, -0.2) is 4.68 Å². The zero-order valence-electron chi connectivity index (χ0n) is 9.48. The highest BCUT2D eigenvalue weighted by Crippen LogP contribution is 2.11. The number of aromatic nitrogens is 3. The summed E-state index contributed by atoms with van der Waals surface area (Å²) in [6.07, 6.45) is 1.64. The van der Waals surface area contributed by atoms with Gasteiger partial charge in [0.05, 0.1) is 11.4 Å². The largest absolute Gasteiger partial charge is 0.396 e. The summed E-state index contributed by atoms with van der Waals surface area (Å²) in [6.45, 7) is 5.64. The summed E-state index contributed by atoms with van der Waals surface area (Å²) in [4.78, 5) is 0. The molecule has 0 fully saturated rings. The zero-order valence-corrected chi connectivity index (χ0v) is 9.48. The molecule has 0 saturated carbocycles. The van der Waals surface area contributed by atoms with Crippen LogP contribution in [0.3, 0.4) is 0 Å². The van der Waals surface area contributed by atoms with Crippen molar-refractivity contribution in [2.24, 2.45) is 11.7 Å². The van der Waals surface area contributed by atoms with E-state index in [-0.39, 0.29) is 6.61 Å². The molecule has 86 valence electrons. The van der Waals surface area contributed by atoms with Gasteiger partial charge < -0.3 is 10.8 Å². The predicted molar refractivity (Wildman–Crippen MR) is 58.2 cm³/mol. The normalized spacial score (nSPS) is 11.3. The Kier molecular flexibility index (Phi) is 4.71. The van der Waals surface area contributed by atoms with Crippen LogP contribution in [0.1, 0.15) is 31.7 Å². The molecule has 15 heavy (non-hydrogen) atoms. The van der Waals surface area contributed by atoms with Crippen LogP contribution in [0.25, 0.3) is 0 Å². The Hall–Kier alpha value is -0.940. The van der Waals surface area contributed by atoms with Crippen LogP contribution in [0.15, 0.2) is 0 Å². The lowest BCUT2D eigenvalue weighted by atomic mass is 10.1. The lowest BCUT2D eigenvalue weighted by Gasteiger charge is -2.08. The Labute approximate surface area is 90.3 Å². The van der Waals surface area contributed by atoms with E-state index in [1.54, 1.807) is 0 Å². The first-order valence-electron chi connectivity index (χ1n) is 5.41. The number of rotatable bonds is 6. The van der Waals surface area contributed by atoms with Crippen molar-refractivity contribution in [1.29, 1.82) is 0 Å². The molecule has 0 aliphatic heterocycles. The Morgan fingerprint density at radius 2 is 2.20 bits per heavy atom. The third-order valence-electron chi connectivity index (χ3n) is 2.24. The van der Waals surface area contributed by atoms with Crippen molar-refractivity contribution < 1.29 is 5.11 Å². The number of nitrogens with two attached hydrogens (primary N) is 1. The summed E-state index contributed by atoms with van der Waals surface area (Å²) < 4.78 is 1.86. The standard InChI is InChI=1S/C10H20N4O/c1-8(2)6-10-9(7-11)12-13-14(10)4-3-5-15/h8,15H,3-7,11H2,1-2H3. The molecule has 5 heteroatoms. The molecule has 0 bridgehead atoms. The molecular weight excluding hydrogens is 192 g/mol. The number of aryl methyl sites for hydroxylation is 1. The fourth-order valence-electron chi connectivity index (χ4n) is 1.54. The monoisotopic (exact) mass is 212 g/mol. The first-order chi connectivity index (χ1) is 7.19. The van der Waals surface area contributed by atoms with Gasteiger partial charge in [-0.2, -0.15) is 0 Å². The fraction of sp³-hybridized carbons (Fsp3) is 0.800. The topological polar surface area (TPSA) is 77.0 Å². The number of hydrogen-bond donors (Lipinski definition) is 2. The molecule has 0 radical (unpaired) electrons. The highest BCUT2D eigenvalue weighted by atomic mass is 16.3. The van der Waals surface area contributed by atoms with Crippen LogP contribution in [-0.4, -0.2) is 26.7 Å². The second kappa shape index (κ2) is 5.82. The van der Waals surface area contributed by atoms with Crippen LogP contribution in [-0.2, 0) is 19.5 Å². The summed E-state index contributed by atoms with van der Waals surface area (Å²) in [5, 5.41) is 16.9. The first kappa shape index (κ1) is 12.1. The molecule has 0 amide bonds. The molecule has 0 spiro atoms. The van der Waals surface area contributed by atoms with Gasteiger partial charge in [-0.15, -0.1) is 5.10 Å². The van der Waals surface area contributed by atoms with Crippen molar-refractivity contribution in [3.05, 3.63) is 11.4 Å². The third-order valence-corrected chi connectivity index (χ3v) is 2.24.